The fourth-order valence-electron chi connectivity index (χ4n) is 4.53. The molecular weight excluding hydrogens is 439 g/mol. The van der Waals surface area contributed by atoms with Crippen molar-refractivity contribution in [2.45, 2.75) is 19.0 Å². The second-order valence-corrected chi connectivity index (χ2v) is 8.29. The van der Waals surface area contributed by atoms with Gasteiger partial charge in [-0.3, -0.25) is 19.5 Å². The Morgan fingerprint density at radius 3 is 2.76 bits per heavy atom. The molecule has 1 fully saturated rings. The zero-order valence-corrected chi connectivity index (χ0v) is 18.5. The van der Waals surface area contributed by atoms with Gasteiger partial charge in [0.15, 0.2) is 0 Å². The van der Waals surface area contributed by atoms with Crippen LogP contribution in [0.3, 0.4) is 0 Å². The van der Waals surface area contributed by atoms with E-state index in [0.717, 1.165) is 6.42 Å². The van der Waals surface area contributed by atoms with Gasteiger partial charge in [0.25, 0.3) is 11.8 Å². The lowest BCUT2D eigenvalue weighted by Crippen LogP contribution is -2.30. The van der Waals surface area contributed by atoms with Gasteiger partial charge < -0.3 is 21.1 Å². The van der Waals surface area contributed by atoms with Crippen molar-refractivity contribution in [1.29, 1.82) is 0 Å². The number of hydrogen-bond acceptors (Lipinski definition) is 7. The van der Waals surface area contributed by atoms with Crippen LogP contribution in [0.5, 0.6) is 5.75 Å². The van der Waals surface area contributed by atoms with Gasteiger partial charge in [-0.15, -0.1) is 0 Å². The summed E-state index contributed by atoms with van der Waals surface area (Å²) >= 11 is 0. The molecule has 1 aromatic carbocycles. The number of rotatable bonds is 5. The molecule has 5 rings (SSSR count). The molecule has 10 heteroatoms. The first-order valence-electron chi connectivity index (χ1n) is 10.8. The number of aromatic nitrogens is 2. The van der Waals surface area contributed by atoms with Gasteiger partial charge in [0, 0.05) is 36.5 Å². The highest BCUT2D eigenvalue weighted by Crippen LogP contribution is 2.39. The summed E-state index contributed by atoms with van der Waals surface area (Å²) in [6.07, 6.45) is 2.24. The van der Waals surface area contributed by atoms with Crippen molar-refractivity contribution in [1.82, 2.24) is 9.97 Å². The predicted octanol–water partition coefficient (Wildman–Crippen LogP) is 2.09. The van der Waals surface area contributed by atoms with Crippen LogP contribution in [0.25, 0.3) is 11.3 Å². The molecule has 2 amide bonds. The van der Waals surface area contributed by atoms with Crippen LogP contribution < -0.4 is 26.0 Å². The number of nitrogens with two attached hydrogens (primary N) is 2. The van der Waals surface area contributed by atoms with E-state index in [4.69, 9.17) is 16.2 Å². The van der Waals surface area contributed by atoms with Gasteiger partial charge in [-0.05, 0) is 36.8 Å². The van der Waals surface area contributed by atoms with Gasteiger partial charge in [0.1, 0.15) is 23.2 Å². The van der Waals surface area contributed by atoms with Crippen LogP contribution in [-0.4, -0.2) is 48.0 Å². The van der Waals surface area contributed by atoms with Crippen LogP contribution in [0, 0.1) is 5.82 Å². The zero-order chi connectivity index (χ0) is 24.0. The molecule has 34 heavy (non-hydrogen) atoms. The Bertz CT molecular complexity index is 1310. The molecule has 1 saturated heterocycles. The number of carbonyl (C=O) groups excluding carboxylic acids is 2. The molecule has 1 atom stereocenters. The molecule has 2 aliphatic rings. The first kappa shape index (κ1) is 21.8. The second kappa shape index (κ2) is 8.38. The predicted molar refractivity (Wildman–Crippen MR) is 124 cm³/mol. The fourth-order valence-corrected chi connectivity index (χ4v) is 4.53. The van der Waals surface area contributed by atoms with E-state index in [-0.39, 0.29) is 29.6 Å². The number of halogens is 1. The molecule has 2 aliphatic heterocycles. The monoisotopic (exact) mass is 462 g/mol. The van der Waals surface area contributed by atoms with Crippen molar-refractivity contribution in [3.8, 4) is 17.0 Å². The Balaban J connectivity index is 1.57. The maximum Gasteiger partial charge on any atom is 0.260 e. The van der Waals surface area contributed by atoms with E-state index >= 15 is 0 Å². The molecule has 4 N–H and O–H groups in total. The standard InChI is InChI=1S/C24H23FN6O3/c1-34-18-4-2-3-17(25)20(18)21-16-12-31(24(33)14(16)7-9-28-21)19-6-5-15(22(27)32)23(29-19)30-10-8-13(26)11-30/h2-7,9,13H,8,10-12,26H2,1H3,(H2,27,32). The number of fused-ring (bicyclic) bond motifs is 1. The van der Waals surface area contributed by atoms with E-state index in [9.17, 15) is 14.0 Å². The molecule has 9 nitrogen and oxygen atoms in total. The highest BCUT2D eigenvalue weighted by Gasteiger charge is 2.34. The summed E-state index contributed by atoms with van der Waals surface area (Å²) in [5.41, 5.74) is 13.4. The average Bonchev–Trinajstić information content (AvgIpc) is 3.42. The van der Waals surface area contributed by atoms with Crippen molar-refractivity contribution in [3.05, 3.63) is 65.1 Å². The van der Waals surface area contributed by atoms with E-state index in [1.165, 1.54) is 24.3 Å². The Labute approximate surface area is 195 Å². The lowest BCUT2D eigenvalue weighted by molar-refractivity contribution is 0.0991. The second-order valence-electron chi connectivity index (χ2n) is 8.29. The number of anilines is 2. The van der Waals surface area contributed by atoms with Crippen LogP contribution >= 0.6 is 0 Å². The van der Waals surface area contributed by atoms with E-state index in [0.29, 0.717) is 47.3 Å². The molecule has 0 saturated carbocycles. The highest BCUT2D eigenvalue weighted by molar-refractivity contribution is 6.11. The van der Waals surface area contributed by atoms with Gasteiger partial charge in [-0.25, -0.2) is 9.37 Å². The Kier molecular flexibility index (Phi) is 5.37. The van der Waals surface area contributed by atoms with Crippen molar-refractivity contribution in [2.75, 3.05) is 30.0 Å². The number of nitrogens with zero attached hydrogens (tertiary/aromatic N) is 4. The first-order valence-corrected chi connectivity index (χ1v) is 10.8. The quantitative estimate of drug-likeness (QED) is 0.594. The molecule has 0 radical (unpaired) electrons. The summed E-state index contributed by atoms with van der Waals surface area (Å²) in [5.74, 6) is -0.323. The lowest BCUT2D eigenvalue weighted by Gasteiger charge is -2.22. The minimum atomic E-state index is -0.608. The SMILES string of the molecule is COc1cccc(F)c1-c1nccc2c1CN(c1ccc(C(N)=O)c(N3CCC(N)C3)n1)C2=O. The molecule has 0 aliphatic carbocycles. The molecule has 2 aromatic heterocycles. The number of carbonyl (C=O) groups is 2. The molecule has 4 heterocycles. The molecule has 0 spiro atoms. The third-order valence-electron chi connectivity index (χ3n) is 6.21. The van der Waals surface area contributed by atoms with Gasteiger partial charge in [0.05, 0.1) is 30.5 Å². The van der Waals surface area contributed by atoms with E-state index < -0.39 is 11.7 Å². The fraction of sp³-hybridized carbons (Fsp3) is 0.250. The van der Waals surface area contributed by atoms with Gasteiger partial charge in [0.2, 0.25) is 0 Å². The number of benzene rings is 1. The summed E-state index contributed by atoms with van der Waals surface area (Å²) in [5, 5.41) is 0. The van der Waals surface area contributed by atoms with Gasteiger partial charge >= 0.3 is 0 Å². The summed E-state index contributed by atoms with van der Waals surface area (Å²) in [4.78, 5) is 37.7. The van der Waals surface area contributed by atoms with Crippen molar-refractivity contribution in [3.63, 3.8) is 0 Å². The first-order chi connectivity index (χ1) is 16.4. The number of primary amides is 1. The molecule has 3 aromatic rings. The summed E-state index contributed by atoms with van der Waals surface area (Å²) in [6, 6.07) is 9.24. The summed E-state index contributed by atoms with van der Waals surface area (Å²) in [6.45, 7) is 1.30. The number of methoxy groups -OCH3 is 1. The number of ether oxygens (including phenoxy) is 1. The van der Waals surface area contributed by atoms with Crippen LogP contribution in [0.2, 0.25) is 0 Å². The van der Waals surface area contributed by atoms with E-state index in [1.807, 2.05) is 4.90 Å². The Morgan fingerprint density at radius 2 is 2.06 bits per heavy atom. The number of pyridine rings is 2. The maximum absolute atomic E-state index is 14.8. The summed E-state index contributed by atoms with van der Waals surface area (Å²) < 4.78 is 20.1. The van der Waals surface area contributed by atoms with Gasteiger partial charge in [-0.1, -0.05) is 6.07 Å². The molecular formula is C24H23FN6O3. The van der Waals surface area contributed by atoms with E-state index in [2.05, 4.69) is 9.97 Å². The largest absolute Gasteiger partial charge is 0.496 e. The minimum absolute atomic E-state index is 0.0340. The van der Waals surface area contributed by atoms with Crippen molar-refractivity contribution < 1.29 is 18.7 Å². The van der Waals surface area contributed by atoms with Crippen molar-refractivity contribution in [2.24, 2.45) is 11.5 Å². The van der Waals surface area contributed by atoms with Crippen LogP contribution in [0.4, 0.5) is 16.0 Å². The van der Waals surface area contributed by atoms with Gasteiger partial charge in [-0.2, -0.15) is 0 Å². The number of hydrogen-bond donors (Lipinski definition) is 2. The summed E-state index contributed by atoms with van der Waals surface area (Å²) in [7, 11) is 1.45. The Morgan fingerprint density at radius 1 is 1.24 bits per heavy atom. The molecule has 0 bridgehead atoms. The molecule has 1 unspecified atom stereocenters. The van der Waals surface area contributed by atoms with Crippen LogP contribution in [0.15, 0.2) is 42.6 Å². The minimum Gasteiger partial charge on any atom is -0.496 e. The topological polar surface area (TPSA) is 128 Å². The third-order valence-corrected chi connectivity index (χ3v) is 6.21. The molecule has 174 valence electrons. The van der Waals surface area contributed by atoms with Crippen LogP contribution in [0.1, 0.15) is 32.7 Å². The number of amides is 2. The average molecular weight is 462 g/mol. The zero-order valence-electron chi connectivity index (χ0n) is 18.5. The smallest absolute Gasteiger partial charge is 0.260 e. The maximum atomic E-state index is 14.8. The highest BCUT2D eigenvalue weighted by atomic mass is 19.1. The third kappa shape index (κ3) is 3.52. The lowest BCUT2D eigenvalue weighted by atomic mass is 10.0. The normalized spacial score (nSPS) is 17.3. The van der Waals surface area contributed by atoms with Crippen LogP contribution in [-0.2, 0) is 6.54 Å². The van der Waals surface area contributed by atoms with Crippen molar-refractivity contribution >= 4 is 23.5 Å². The Hall–Kier alpha value is -4.05. The van der Waals surface area contributed by atoms with E-state index in [1.54, 1.807) is 30.3 Å².